The van der Waals surface area contributed by atoms with Gasteiger partial charge in [-0.1, -0.05) is 18.2 Å². The van der Waals surface area contributed by atoms with Gasteiger partial charge in [0.05, 0.1) is 5.60 Å². The number of aromatic nitrogens is 2. The summed E-state index contributed by atoms with van der Waals surface area (Å²) in [5.74, 6) is 1.81. The van der Waals surface area contributed by atoms with Crippen LogP contribution in [0.5, 0.6) is 0 Å². The number of fused-ring (bicyclic) bond motifs is 1. The lowest BCUT2D eigenvalue weighted by Gasteiger charge is -2.31. The van der Waals surface area contributed by atoms with Gasteiger partial charge < -0.3 is 15.3 Å². The quantitative estimate of drug-likeness (QED) is 0.904. The molecule has 1 aliphatic heterocycles. The number of benzene rings is 1. The molecule has 2 heterocycles. The lowest BCUT2D eigenvalue weighted by atomic mass is 9.91. The van der Waals surface area contributed by atoms with Crippen LogP contribution in [-0.2, 0) is 18.6 Å². The molecule has 1 aromatic carbocycles. The third-order valence-corrected chi connectivity index (χ3v) is 4.34. The Morgan fingerprint density at radius 1 is 1.17 bits per heavy atom. The van der Waals surface area contributed by atoms with Gasteiger partial charge in [0.2, 0.25) is 0 Å². The maximum Gasteiger partial charge on any atom is 0.134 e. The van der Waals surface area contributed by atoms with Gasteiger partial charge in [0.1, 0.15) is 18.0 Å². The highest BCUT2D eigenvalue weighted by Crippen LogP contribution is 2.28. The van der Waals surface area contributed by atoms with Crippen molar-refractivity contribution < 1.29 is 5.11 Å². The number of aliphatic hydroxyl groups is 1. The first kappa shape index (κ1) is 16.7. The van der Waals surface area contributed by atoms with E-state index in [0.29, 0.717) is 6.04 Å². The van der Waals surface area contributed by atoms with E-state index in [1.165, 1.54) is 11.1 Å². The summed E-state index contributed by atoms with van der Waals surface area (Å²) >= 11 is 0. The molecular weight excluding hydrogens is 300 g/mol. The summed E-state index contributed by atoms with van der Waals surface area (Å²) in [5, 5.41) is 13.5. The van der Waals surface area contributed by atoms with E-state index in [1.54, 1.807) is 6.33 Å². The Morgan fingerprint density at radius 3 is 2.67 bits per heavy atom. The van der Waals surface area contributed by atoms with Crippen LogP contribution in [0.25, 0.3) is 0 Å². The summed E-state index contributed by atoms with van der Waals surface area (Å²) in [7, 11) is 0. The van der Waals surface area contributed by atoms with Crippen LogP contribution in [0.3, 0.4) is 0 Å². The van der Waals surface area contributed by atoms with Crippen molar-refractivity contribution in [1.82, 2.24) is 9.97 Å². The van der Waals surface area contributed by atoms with Crippen LogP contribution in [0, 0.1) is 0 Å². The Labute approximate surface area is 143 Å². The van der Waals surface area contributed by atoms with Crippen LogP contribution >= 0.6 is 0 Å². The first-order valence-corrected chi connectivity index (χ1v) is 8.51. The summed E-state index contributed by atoms with van der Waals surface area (Å²) in [6.45, 7) is 9.60. The second-order valence-corrected chi connectivity index (χ2v) is 7.27. The Bertz CT molecular complexity index is 722. The summed E-state index contributed by atoms with van der Waals surface area (Å²) in [5.41, 5.74) is 2.79. The van der Waals surface area contributed by atoms with Crippen molar-refractivity contribution in [3.05, 3.63) is 47.3 Å². The summed E-state index contributed by atoms with van der Waals surface area (Å²) in [6, 6.07) is 8.64. The van der Waals surface area contributed by atoms with E-state index in [9.17, 15) is 5.11 Å². The fourth-order valence-corrected chi connectivity index (χ4v) is 3.02. The van der Waals surface area contributed by atoms with Crippen molar-refractivity contribution in [3.63, 3.8) is 0 Å². The van der Waals surface area contributed by atoms with E-state index >= 15 is 0 Å². The van der Waals surface area contributed by atoms with Crippen molar-refractivity contribution in [3.8, 4) is 0 Å². The molecule has 0 saturated heterocycles. The topological polar surface area (TPSA) is 61.3 Å². The van der Waals surface area contributed by atoms with Crippen molar-refractivity contribution >= 4 is 11.6 Å². The zero-order valence-corrected chi connectivity index (χ0v) is 14.9. The normalized spacial score (nSPS) is 14.7. The number of anilines is 2. The molecule has 0 saturated carbocycles. The third-order valence-electron chi connectivity index (χ3n) is 4.34. The van der Waals surface area contributed by atoms with E-state index in [4.69, 9.17) is 0 Å². The monoisotopic (exact) mass is 326 g/mol. The van der Waals surface area contributed by atoms with Crippen molar-refractivity contribution in [2.45, 2.75) is 52.3 Å². The lowest BCUT2D eigenvalue weighted by molar-refractivity contribution is 0.0785. The van der Waals surface area contributed by atoms with Crippen molar-refractivity contribution in [1.29, 1.82) is 0 Å². The van der Waals surface area contributed by atoms with Crippen LogP contribution < -0.4 is 10.2 Å². The number of nitrogens with one attached hydrogen (secondary N) is 1. The molecule has 1 aliphatic rings. The summed E-state index contributed by atoms with van der Waals surface area (Å²) in [6.07, 6.45) is 2.57. The molecule has 5 nitrogen and oxygen atoms in total. The molecule has 3 rings (SSSR count). The van der Waals surface area contributed by atoms with Crippen LogP contribution in [0.2, 0.25) is 0 Å². The van der Waals surface area contributed by atoms with Crippen LogP contribution in [-0.4, -0.2) is 27.7 Å². The predicted octanol–water partition coefficient (Wildman–Crippen LogP) is 3.09. The van der Waals surface area contributed by atoms with Gasteiger partial charge >= 0.3 is 0 Å². The molecule has 0 unspecified atom stereocenters. The molecular formula is C19H26N4O. The van der Waals surface area contributed by atoms with Crippen molar-refractivity contribution in [2.75, 3.05) is 16.8 Å². The molecule has 0 spiro atoms. The number of rotatable bonds is 4. The molecule has 2 N–H and O–H groups in total. The molecule has 128 valence electrons. The average Bonchev–Trinajstić information content (AvgIpc) is 2.52. The maximum absolute atomic E-state index is 10.2. The molecule has 1 aromatic heterocycles. The minimum Gasteiger partial charge on any atom is -0.386 e. The van der Waals surface area contributed by atoms with Gasteiger partial charge in [-0.3, -0.25) is 0 Å². The van der Waals surface area contributed by atoms with Gasteiger partial charge in [-0.25, -0.2) is 9.97 Å². The minimum absolute atomic E-state index is 0.343. The molecule has 0 bridgehead atoms. The first-order valence-electron chi connectivity index (χ1n) is 8.51. The molecule has 0 amide bonds. The van der Waals surface area contributed by atoms with Crippen LogP contribution in [0.1, 0.15) is 44.4 Å². The minimum atomic E-state index is -0.795. The van der Waals surface area contributed by atoms with Gasteiger partial charge in [-0.15, -0.1) is 0 Å². The molecule has 2 aromatic rings. The Kier molecular flexibility index (Phi) is 4.45. The fraction of sp³-hybridized carbons (Fsp3) is 0.474. The number of hydrogen-bond donors (Lipinski definition) is 2. The highest BCUT2D eigenvalue weighted by atomic mass is 16.3. The molecule has 0 atom stereocenters. The number of hydrogen-bond acceptors (Lipinski definition) is 5. The van der Waals surface area contributed by atoms with E-state index in [1.807, 2.05) is 26.0 Å². The van der Waals surface area contributed by atoms with Gasteiger partial charge in [-0.05, 0) is 50.8 Å². The second kappa shape index (κ2) is 6.40. The molecule has 0 fully saturated rings. The third kappa shape index (κ3) is 3.67. The van der Waals surface area contributed by atoms with E-state index < -0.39 is 5.60 Å². The molecule has 0 aliphatic carbocycles. The second-order valence-electron chi connectivity index (χ2n) is 7.27. The lowest BCUT2D eigenvalue weighted by Crippen LogP contribution is -2.31. The van der Waals surface area contributed by atoms with Gasteiger partial charge in [0.25, 0.3) is 0 Å². The highest BCUT2D eigenvalue weighted by Gasteiger charge is 2.22. The standard InChI is InChI=1S/C19H26N4O/c1-13(2)22-17-10-18(21-12-20-17)23-8-7-14-9-16(19(3,4)24)6-5-15(14)11-23/h5-6,9-10,12-13,24H,7-8,11H2,1-4H3,(H,20,21,22). The van der Waals surface area contributed by atoms with E-state index in [-0.39, 0.29) is 0 Å². The Hall–Kier alpha value is -2.14. The average molecular weight is 326 g/mol. The van der Waals surface area contributed by atoms with Crippen LogP contribution in [0.15, 0.2) is 30.6 Å². The van der Waals surface area contributed by atoms with Gasteiger partial charge in [-0.2, -0.15) is 0 Å². The zero-order chi connectivity index (χ0) is 17.3. The highest BCUT2D eigenvalue weighted by molar-refractivity contribution is 5.51. The van der Waals surface area contributed by atoms with Crippen molar-refractivity contribution in [2.24, 2.45) is 0 Å². The number of nitrogens with zero attached hydrogens (tertiary/aromatic N) is 3. The maximum atomic E-state index is 10.2. The van der Waals surface area contributed by atoms with Gasteiger partial charge in [0.15, 0.2) is 0 Å². The van der Waals surface area contributed by atoms with E-state index in [2.05, 4.69) is 46.2 Å². The fourth-order valence-electron chi connectivity index (χ4n) is 3.02. The summed E-state index contributed by atoms with van der Waals surface area (Å²) < 4.78 is 0. The zero-order valence-electron chi connectivity index (χ0n) is 14.9. The summed E-state index contributed by atoms with van der Waals surface area (Å²) in [4.78, 5) is 11.0. The molecule has 0 radical (unpaired) electrons. The van der Waals surface area contributed by atoms with E-state index in [0.717, 1.165) is 36.7 Å². The largest absolute Gasteiger partial charge is 0.386 e. The Morgan fingerprint density at radius 2 is 1.96 bits per heavy atom. The SMILES string of the molecule is CC(C)Nc1cc(N2CCc3cc(C(C)(C)O)ccc3C2)ncn1. The molecule has 5 heteroatoms. The molecule has 24 heavy (non-hydrogen) atoms. The smallest absolute Gasteiger partial charge is 0.134 e. The Balaban J connectivity index is 1.80. The van der Waals surface area contributed by atoms with Gasteiger partial charge in [0, 0.05) is 25.2 Å². The predicted molar refractivity (Wildman–Crippen MR) is 97.2 cm³/mol. The van der Waals surface area contributed by atoms with Crippen LogP contribution in [0.4, 0.5) is 11.6 Å². The first-order chi connectivity index (χ1) is 11.3.